The lowest BCUT2D eigenvalue weighted by Gasteiger charge is -2.51. The molecule has 9 saturated heterocycles. The van der Waals surface area contributed by atoms with Crippen molar-refractivity contribution in [3.63, 3.8) is 0 Å². The minimum Gasteiger partial charge on any atom is -0.477 e. The summed E-state index contributed by atoms with van der Waals surface area (Å²) < 4.78 is 114. The topological polar surface area (TPSA) is 785 Å². The van der Waals surface area contributed by atoms with E-state index in [-0.39, 0.29) is 5.92 Å². The average Bonchev–Trinajstić information content (AvgIpc) is 0.753. The van der Waals surface area contributed by atoms with E-state index >= 15 is 0 Å². The number of carboxylic acid groups (broad SMARTS) is 1. The molecule has 9 heterocycles. The number of nitrogens with two attached hydrogens (primary N) is 1. The third-order valence-corrected chi connectivity index (χ3v) is 23.2. The Morgan fingerprint density at radius 1 is 0.390 bits per heavy atom. The van der Waals surface area contributed by atoms with Crippen LogP contribution in [-0.4, -0.2) is 504 Å². The molecule has 0 radical (unpaired) electrons. The summed E-state index contributed by atoms with van der Waals surface area (Å²) in [6.07, 6.45) is -85.5. The number of aliphatic carboxylic acids is 1. The number of rotatable bonds is 36. The van der Waals surface area contributed by atoms with Gasteiger partial charge in [-0.25, -0.2) is 4.79 Å². The Kier molecular flexibility index (Phi) is 36.5. The van der Waals surface area contributed by atoms with Crippen LogP contribution in [0, 0.1) is 23.7 Å². The molecule has 0 aliphatic carbocycles. The van der Waals surface area contributed by atoms with Crippen molar-refractivity contribution in [2.24, 2.45) is 29.4 Å². The van der Waals surface area contributed by atoms with Crippen molar-refractivity contribution in [1.82, 2.24) is 0 Å². The fourth-order valence-electron chi connectivity index (χ4n) is 15.3. The van der Waals surface area contributed by atoms with Crippen LogP contribution >= 0.6 is 0 Å². The first-order valence-electron chi connectivity index (χ1n) is 38.9. The van der Waals surface area contributed by atoms with E-state index in [1.165, 1.54) is 20.8 Å². The standard InChI is InChI=1S/C69H121NO48/c1-19(2)23(6)101-26(9-72)27(10-73)102-60-20(3)37(83)53(32(15-78)107-60)112-64-50(96)56(45(91)35(110-64)18-100-66-58(47(93)42(88)29(12-75)105-66)115-61-21(4)38(84)52(33(16-79)108-61)111-63-49(95)46(92)41(87)28(11-74)103-63)114-67-59(48(94)43(89)30(13-76)106-67)116-62-22(5)39(85)54(34(17-80)109-62)113-65-51(97)57(44(90)31(14-77)104-65)118-69(68(98)99)7-24(81)36(70)55(117-69)40(86)25(82)8-71/h19-67,71-97H,7-18,70H2,1-6H3,(H,98,99)/t20?,21?,22-,23-,24+,25+,26?,27-,28?,29?,30+,31?,32?,33-,34?,35?,36+,37+,38?,39?,40+,41-,42+,43+,44-,45+,46?,47-,48?,49-,50+,51-,52+,53+,54+,55?,56?,57?,58?,59?,60+,61-,62-,63-,64-,65-,66-,67+,69-/m0/s1. The van der Waals surface area contributed by atoms with Gasteiger partial charge in [0.05, 0.1) is 109 Å². The first kappa shape index (κ1) is 99.4. The second-order valence-electron chi connectivity index (χ2n) is 31.5. The number of hydrogen-bond acceptors (Lipinski definition) is 48. The van der Waals surface area contributed by atoms with Gasteiger partial charge in [-0.3, -0.25) is 0 Å². The molecule has 0 aromatic heterocycles. The summed E-state index contributed by atoms with van der Waals surface area (Å²) in [6.45, 7) is -1.57. The minimum atomic E-state index is -3.16. The maximum absolute atomic E-state index is 13.1. The molecule has 9 fully saturated rings. The number of carboxylic acids is 1. The predicted octanol–water partition coefficient (Wildman–Crippen LogP) is -16.8. The highest BCUT2D eigenvalue weighted by Crippen LogP contribution is 2.43. The van der Waals surface area contributed by atoms with Gasteiger partial charge in [0, 0.05) is 24.2 Å². The molecule has 49 atom stereocenters. The van der Waals surface area contributed by atoms with Crippen molar-refractivity contribution in [1.29, 1.82) is 0 Å². The third kappa shape index (κ3) is 21.4. The van der Waals surface area contributed by atoms with Crippen molar-refractivity contribution in [3.8, 4) is 0 Å². The van der Waals surface area contributed by atoms with Gasteiger partial charge in [0.15, 0.2) is 50.3 Å². The van der Waals surface area contributed by atoms with Crippen molar-refractivity contribution >= 4 is 5.97 Å². The lowest BCUT2D eigenvalue weighted by Crippen LogP contribution is -2.70. The smallest absolute Gasteiger partial charge is 0.364 e. The van der Waals surface area contributed by atoms with Crippen molar-refractivity contribution in [3.05, 3.63) is 0 Å². The van der Waals surface area contributed by atoms with Gasteiger partial charge in [-0.15, -0.1) is 0 Å². The highest BCUT2D eigenvalue weighted by Gasteiger charge is 2.63. The van der Waals surface area contributed by atoms with E-state index in [9.17, 15) is 148 Å². The average molecular weight is 1730 g/mol. The number of ether oxygens (including phenoxy) is 19. The van der Waals surface area contributed by atoms with Crippen LogP contribution in [0.2, 0.25) is 0 Å². The van der Waals surface area contributed by atoms with Crippen LogP contribution in [0.4, 0.5) is 0 Å². The van der Waals surface area contributed by atoms with E-state index in [0.29, 0.717) is 0 Å². The maximum Gasteiger partial charge on any atom is 0.364 e. The molecular formula is C69H121NO48. The molecule has 0 bridgehead atoms. The molecule has 0 aromatic rings. The largest absolute Gasteiger partial charge is 0.477 e. The molecule has 690 valence electrons. The van der Waals surface area contributed by atoms with Crippen LogP contribution in [0.3, 0.4) is 0 Å². The Morgan fingerprint density at radius 3 is 1.19 bits per heavy atom. The second-order valence-corrected chi connectivity index (χ2v) is 31.5. The molecule has 9 rings (SSSR count). The van der Waals surface area contributed by atoms with Crippen LogP contribution in [0.15, 0.2) is 0 Å². The molecule has 49 heteroatoms. The Labute approximate surface area is 673 Å². The van der Waals surface area contributed by atoms with E-state index in [2.05, 4.69) is 0 Å². The van der Waals surface area contributed by atoms with Gasteiger partial charge in [-0.2, -0.15) is 0 Å². The van der Waals surface area contributed by atoms with E-state index in [4.69, 9.17) is 95.7 Å². The van der Waals surface area contributed by atoms with Crippen molar-refractivity contribution < 1.29 is 238 Å². The van der Waals surface area contributed by atoms with Crippen LogP contribution in [0.1, 0.15) is 48.0 Å². The fraction of sp³-hybridized carbons (Fsp3) is 0.986. The highest BCUT2D eigenvalue weighted by molar-refractivity contribution is 5.76. The second kappa shape index (κ2) is 43.4. The van der Waals surface area contributed by atoms with Crippen LogP contribution in [0.25, 0.3) is 0 Å². The molecule has 9 aliphatic heterocycles. The summed E-state index contributed by atoms with van der Waals surface area (Å²) in [5, 5.41) is 309. The van der Waals surface area contributed by atoms with Gasteiger partial charge in [0.1, 0.15) is 189 Å². The van der Waals surface area contributed by atoms with Crippen molar-refractivity contribution in [2.45, 2.75) is 330 Å². The first-order chi connectivity index (χ1) is 55.8. The van der Waals surface area contributed by atoms with Gasteiger partial charge >= 0.3 is 5.97 Å². The molecule has 0 amide bonds. The molecule has 9 aliphatic rings. The Balaban J connectivity index is 0.987. The lowest BCUT2D eigenvalue weighted by atomic mass is 9.88. The molecule has 0 spiro atoms. The van der Waals surface area contributed by atoms with Gasteiger partial charge in [-0.1, -0.05) is 34.6 Å². The van der Waals surface area contributed by atoms with Crippen LogP contribution in [0.5, 0.6) is 0 Å². The lowest BCUT2D eigenvalue weighted by molar-refractivity contribution is -0.404. The van der Waals surface area contributed by atoms with E-state index in [0.717, 1.165) is 0 Å². The number of hydrogen-bond donors (Lipinski definition) is 29. The normalized spacial score (nSPS) is 48.7. The maximum atomic E-state index is 13.1. The quantitative estimate of drug-likeness (QED) is 0.0277. The zero-order chi connectivity index (χ0) is 87.3. The van der Waals surface area contributed by atoms with Gasteiger partial charge in [0.2, 0.25) is 0 Å². The molecule has 0 aromatic carbocycles. The van der Waals surface area contributed by atoms with E-state index < -0.39 is 385 Å². The number of carbonyl (C=O) groups is 1. The van der Waals surface area contributed by atoms with Crippen molar-refractivity contribution in [2.75, 3.05) is 72.7 Å². The molecule has 30 N–H and O–H groups in total. The SMILES string of the molecule is CC1C(O)[C@H](O[C@@H]2OC(CO)[C@H](O)C(O)[C@@H]2O)[C@H](CO)O[C@H]1OC1[C@@H](OCC2O[C@@H](O[C@@H]3C(CO)O[C@@H](O[C@@H](CO)C(CO)O[C@@H](C)C(C)C)C(C)[C@H]3O)[C@H](O)C(O[C@H]3O[C@H](CO)[C@@H](O)C(O)C3O[C@@H]3OC(CO)[C@@H](O[C@@H]4OC(CO)[C@H](O)C(O[C@]5(C(=O)O)C[C@@H](O)[C@@H](N)C([C@H](O)[C@H](O)CO)O5)[C@@H]4O)C(O)[C@@H]3C)[C@@H]2O)OC(CO)[C@@H](O)[C@@H]1O. The first-order valence-corrected chi connectivity index (χ1v) is 38.9. The fourth-order valence-corrected chi connectivity index (χ4v) is 15.3. The monoisotopic (exact) mass is 1730 g/mol. The summed E-state index contributed by atoms with van der Waals surface area (Å²) in [4.78, 5) is 13.1. The number of aliphatic hydroxyl groups is 27. The van der Waals surface area contributed by atoms with Gasteiger partial charge in [-0.05, 0) is 12.8 Å². The Bertz CT molecular complexity index is 2990. The molecule has 49 nitrogen and oxygen atoms in total. The minimum absolute atomic E-state index is 0.0731. The Hall–Kier alpha value is -2.41. The highest BCUT2D eigenvalue weighted by atomic mass is 16.8. The summed E-state index contributed by atoms with van der Waals surface area (Å²) in [5.41, 5.74) is 6.00. The van der Waals surface area contributed by atoms with Crippen LogP contribution < -0.4 is 5.73 Å². The van der Waals surface area contributed by atoms with Crippen LogP contribution in [-0.2, 0) is 94.8 Å². The molecule has 18 unspecified atom stereocenters. The summed E-state index contributed by atoms with van der Waals surface area (Å²) >= 11 is 0. The predicted molar refractivity (Wildman–Crippen MR) is 372 cm³/mol. The van der Waals surface area contributed by atoms with E-state index in [1.807, 2.05) is 13.8 Å². The summed E-state index contributed by atoms with van der Waals surface area (Å²) in [6, 6.07) is -1.64. The summed E-state index contributed by atoms with van der Waals surface area (Å²) in [7, 11) is 0. The van der Waals surface area contributed by atoms with E-state index in [1.54, 1.807) is 6.92 Å². The zero-order valence-electron chi connectivity index (χ0n) is 65.0. The molecule has 118 heavy (non-hydrogen) atoms. The third-order valence-electron chi connectivity index (χ3n) is 23.2. The molecular weight excluding hydrogens is 1610 g/mol. The van der Waals surface area contributed by atoms with Gasteiger partial charge < -0.3 is 239 Å². The molecule has 0 saturated carbocycles. The summed E-state index contributed by atoms with van der Waals surface area (Å²) in [5.74, 6) is -9.33. The zero-order valence-corrected chi connectivity index (χ0v) is 65.0. The van der Waals surface area contributed by atoms with Gasteiger partial charge in [0.25, 0.3) is 5.79 Å². The Morgan fingerprint density at radius 2 is 0.754 bits per heavy atom. The number of aliphatic hydroxyl groups excluding tert-OH is 27.